The maximum Gasteiger partial charge on any atom is 0.158 e. The quantitative estimate of drug-likeness (QED) is 0.713. The van der Waals surface area contributed by atoms with Gasteiger partial charge in [0, 0.05) is 6.54 Å². The van der Waals surface area contributed by atoms with Crippen molar-refractivity contribution >= 4 is 0 Å². The Hall–Kier alpha value is -0.900. The van der Waals surface area contributed by atoms with Crippen molar-refractivity contribution in [2.24, 2.45) is 5.92 Å². The molecule has 0 radical (unpaired) electrons. The van der Waals surface area contributed by atoms with Crippen LogP contribution in [0.5, 0.6) is 0 Å². The summed E-state index contributed by atoms with van der Waals surface area (Å²) in [4.78, 5) is 0. The van der Waals surface area contributed by atoms with Gasteiger partial charge in [0.2, 0.25) is 0 Å². The molecule has 1 aromatic heterocycles. The summed E-state index contributed by atoms with van der Waals surface area (Å²) in [5, 5.41) is 16.4. The fraction of sp³-hybridized carbons (Fsp3) is 0.750. The molecule has 4 nitrogen and oxygen atoms in total. The second kappa shape index (κ2) is 3.23. The molecule has 0 atom stereocenters. The molecule has 1 aromatic rings. The molecular weight excluding hydrogens is 154 g/mol. The van der Waals surface area contributed by atoms with Crippen LogP contribution in [0.15, 0.2) is 6.33 Å². The van der Waals surface area contributed by atoms with Crippen molar-refractivity contribution in [3.05, 3.63) is 12.2 Å². The molecule has 0 bridgehead atoms. The first kappa shape index (κ1) is 7.73. The van der Waals surface area contributed by atoms with Crippen LogP contribution >= 0.6 is 0 Å². The van der Waals surface area contributed by atoms with E-state index in [-0.39, 0.29) is 6.61 Å². The summed E-state index contributed by atoms with van der Waals surface area (Å²) < 4.78 is 1.93. The van der Waals surface area contributed by atoms with Crippen molar-refractivity contribution in [1.82, 2.24) is 14.8 Å². The Morgan fingerprint density at radius 2 is 2.42 bits per heavy atom. The highest BCUT2D eigenvalue weighted by Crippen LogP contribution is 2.32. The smallest absolute Gasteiger partial charge is 0.158 e. The molecule has 1 fully saturated rings. The second-order valence-electron chi connectivity index (χ2n) is 3.33. The van der Waals surface area contributed by atoms with Crippen LogP contribution in [0.2, 0.25) is 0 Å². The van der Waals surface area contributed by atoms with E-state index in [0.29, 0.717) is 5.82 Å². The molecular formula is C8H13N3O. The molecule has 0 unspecified atom stereocenters. The van der Waals surface area contributed by atoms with Crippen LogP contribution in [-0.2, 0) is 13.2 Å². The number of rotatable bonds is 4. The van der Waals surface area contributed by atoms with Gasteiger partial charge in [-0.3, -0.25) is 0 Å². The maximum absolute atomic E-state index is 8.86. The largest absolute Gasteiger partial charge is 0.388 e. The third-order valence-electron chi connectivity index (χ3n) is 2.31. The SMILES string of the molecule is OCc1nncn1CCC1CC1. The predicted octanol–water partition coefficient (Wildman–Crippen LogP) is 0.571. The Bertz CT molecular complexity index is 255. The first-order valence-corrected chi connectivity index (χ1v) is 4.37. The third kappa shape index (κ3) is 1.64. The Labute approximate surface area is 71.2 Å². The van der Waals surface area contributed by atoms with E-state index in [1.165, 1.54) is 19.3 Å². The molecule has 0 aromatic carbocycles. The second-order valence-corrected chi connectivity index (χ2v) is 3.33. The van der Waals surface area contributed by atoms with Crippen LogP contribution in [-0.4, -0.2) is 19.9 Å². The summed E-state index contributed by atoms with van der Waals surface area (Å²) in [6.07, 6.45) is 5.63. The molecule has 66 valence electrons. The lowest BCUT2D eigenvalue weighted by Gasteiger charge is -2.02. The standard InChI is InChI=1S/C8H13N3O/c12-5-8-10-9-6-11(8)4-3-7-1-2-7/h6-7,12H,1-5H2. The van der Waals surface area contributed by atoms with Gasteiger partial charge in [0.15, 0.2) is 5.82 Å². The highest BCUT2D eigenvalue weighted by atomic mass is 16.3. The Morgan fingerprint density at radius 1 is 1.58 bits per heavy atom. The molecule has 1 aliphatic carbocycles. The van der Waals surface area contributed by atoms with E-state index in [1.807, 2.05) is 4.57 Å². The van der Waals surface area contributed by atoms with E-state index in [2.05, 4.69) is 10.2 Å². The van der Waals surface area contributed by atoms with Crippen molar-refractivity contribution in [3.8, 4) is 0 Å². The van der Waals surface area contributed by atoms with Gasteiger partial charge in [-0.1, -0.05) is 12.8 Å². The zero-order valence-electron chi connectivity index (χ0n) is 6.98. The van der Waals surface area contributed by atoms with E-state index < -0.39 is 0 Å². The van der Waals surface area contributed by atoms with E-state index in [9.17, 15) is 0 Å². The third-order valence-corrected chi connectivity index (χ3v) is 2.31. The zero-order valence-corrected chi connectivity index (χ0v) is 6.98. The summed E-state index contributed by atoms with van der Waals surface area (Å²) in [5.74, 6) is 1.59. The van der Waals surface area contributed by atoms with Gasteiger partial charge >= 0.3 is 0 Å². The summed E-state index contributed by atoms with van der Waals surface area (Å²) in [5.41, 5.74) is 0. The zero-order chi connectivity index (χ0) is 8.39. The van der Waals surface area contributed by atoms with Gasteiger partial charge in [-0.15, -0.1) is 10.2 Å². The predicted molar refractivity (Wildman–Crippen MR) is 43.3 cm³/mol. The number of aliphatic hydroxyl groups is 1. The average Bonchev–Trinajstić information content (AvgIpc) is 2.81. The van der Waals surface area contributed by atoms with Crippen molar-refractivity contribution in [3.63, 3.8) is 0 Å². The first-order valence-electron chi connectivity index (χ1n) is 4.37. The van der Waals surface area contributed by atoms with Crippen LogP contribution in [0.3, 0.4) is 0 Å². The van der Waals surface area contributed by atoms with Gasteiger partial charge in [-0.2, -0.15) is 0 Å². The van der Waals surface area contributed by atoms with E-state index in [0.717, 1.165) is 12.5 Å². The van der Waals surface area contributed by atoms with Crippen LogP contribution in [0.4, 0.5) is 0 Å². The molecule has 12 heavy (non-hydrogen) atoms. The van der Waals surface area contributed by atoms with E-state index in [4.69, 9.17) is 5.11 Å². The van der Waals surface area contributed by atoms with E-state index >= 15 is 0 Å². The lowest BCUT2D eigenvalue weighted by atomic mass is 10.3. The van der Waals surface area contributed by atoms with Gasteiger partial charge in [-0.25, -0.2) is 0 Å². The number of aliphatic hydroxyl groups excluding tert-OH is 1. The number of hydrogen-bond donors (Lipinski definition) is 1. The van der Waals surface area contributed by atoms with Gasteiger partial charge in [0.1, 0.15) is 12.9 Å². The molecule has 4 heteroatoms. The van der Waals surface area contributed by atoms with Crippen LogP contribution in [0.25, 0.3) is 0 Å². The van der Waals surface area contributed by atoms with Crippen LogP contribution in [0.1, 0.15) is 25.1 Å². The lowest BCUT2D eigenvalue weighted by molar-refractivity contribution is 0.264. The minimum absolute atomic E-state index is 0.00926. The van der Waals surface area contributed by atoms with Gasteiger partial charge in [0.25, 0.3) is 0 Å². The highest BCUT2D eigenvalue weighted by molar-refractivity contribution is 4.83. The van der Waals surface area contributed by atoms with Crippen molar-refractivity contribution in [2.75, 3.05) is 0 Å². The normalized spacial score (nSPS) is 16.8. The van der Waals surface area contributed by atoms with Crippen LogP contribution in [0, 0.1) is 5.92 Å². The topological polar surface area (TPSA) is 50.9 Å². The molecule has 0 spiro atoms. The van der Waals surface area contributed by atoms with Crippen molar-refractivity contribution in [1.29, 1.82) is 0 Å². The summed E-state index contributed by atoms with van der Waals surface area (Å²) in [7, 11) is 0. The number of hydrogen-bond acceptors (Lipinski definition) is 3. The highest BCUT2D eigenvalue weighted by Gasteiger charge is 2.20. The molecule has 1 aliphatic rings. The maximum atomic E-state index is 8.86. The van der Waals surface area contributed by atoms with Gasteiger partial charge in [0.05, 0.1) is 0 Å². The molecule has 1 N–H and O–H groups in total. The van der Waals surface area contributed by atoms with Crippen molar-refractivity contribution in [2.45, 2.75) is 32.4 Å². The fourth-order valence-electron chi connectivity index (χ4n) is 1.32. The fourth-order valence-corrected chi connectivity index (χ4v) is 1.32. The molecule has 0 saturated heterocycles. The molecule has 0 aliphatic heterocycles. The molecule has 1 heterocycles. The monoisotopic (exact) mass is 167 g/mol. The summed E-state index contributed by atoms with van der Waals surface area (Å²) in [6, 6.07) is 0. The Balaban J connectivity index is 1.91. The lowest BCUT2D eigenvalue weighted by Crippen LogP contribution is -2.03. The average molecular weight is 167 g/mol. The van der Waals surface area contributed by atoms with Crippen LogP contribution < -0.4 is 0 Å². The first-order chi connectivity index (χ1) is 5.90. The van der Waals surface area contributed by atoms with Crippen molar-refractivity contribution < 1.29 is 5.11 Å². The summed E-state index contributed by atoms with van der Waals surface area (Å²) in [6.45, 7) is 0.943. The van der Waals surface area contributed by atoms with E-state index in [1.54, 1.807) is 6.33 Å². The summed E-state index contributed by atoms with van der Waals surface area (Å²) >= 11 is 0. The van der Waals surface area contributed by atoms with Gasteiger partial charge in [-0.05, 0) is 12.3 Å². The Morgan fingerprint density at radius 3 is 3.08 bits per heavy atom. The number of aryl methyl sites for hydroxylation is 1. The van der Waals surface area contributed by atoms with Gasteiger partial charge < -0.3 is 9.67 Å². The Kier molecular flexibility index (Phi) is 2.08. The number of nitrogens with zero attached hydrogens (tertiary/aromatic N) is 3. The molecule has 1 saturated carbocycles. The molecule has 2 rings (SSSR count). The minimum Gasteiger partial charge on any atom is -0.388 e. The number of aromatic nitrogens is 3. The minimum atomic E-state index is -0.00926. The molecule has 0 amide bonds.